The zero-order valence-electron chi connectivity index (χ0n) is 14.9. The molecule has 0 bridgehead atoms. The first kappa shape index (κ1) is 17.7. The van der Waals surface area contributed by atoms with Crippen molar-refractivity contribution in [2.24, 2.45) is 5.41 Å². The van der Waals surface area contributed by atoms with Gasteiger partial charge in [-0.1, -0.05) is 24.3 Å². The maximum Gasteiger partial charge on any atom is 0.274 e. The van der Waals surface area contributed by atoms with Crippen LogP contribution < -0.4 is 5.48 Å². The summed E-state index contributed by atoms with van der Waals surface area (Å²) in [6.07, 6.45) is 2.84. The van der Waals surface area contributed by atoms with Gasteiger partial charge >= 0.3 is 0 Å². The summed E-state index contributed by atoms with van der Waals surface area (Å²) in [7, 11) is 0. The van der Waals surface area contributed by atoms with Crippen LogP contribution in [0.25, 0.3) is 0 Å². The van der Waals surface area contributed by atoms with Gasteiger partial charge < -0.3 is 4.90 Å². The minimum atomic E-state index is -0.559. The fraction of sp³-hybridized carbons (Fsp3) is 0.333. The molecule has 0 unspecified atom stereocenters. The molecule has 2 aliphatic rings. The van der Waals surface area contributed by atoms with Crippen LogP contribution in [-0.2, 0) is 24.2 Å². The van der Waals surface area contributed by atoms with Crippen molar-refractivity contribution in [1.29, 1.82) is 0 Å². The lowest BCUT2D eigenvalue weighted by Crippen LogP contribution is -2.38. The van der Waals surface area contributed by atoms with Gasteiger partial charge in [-0.15, -0.1) is 0 Å². The molecule has 0 aromatic heterocycles. The Labute approximate surface area is 156 Å². The summed E-state index contributed by atoms with van der Waals surface area (Å²) >= 11 is 0. The van der Waals surface area contributed by atoms with E-state index in [9.17, 15) is 14.0 Å². The summed E-state index contributed by atoms with van der Waals surface area (Å²) in [5, 5.41) is 8.85. The van der Waals surface area contributed by atoms with Crippen molar-refractivity contribution in [3.05, 3.63) is 70.5 Å². The minimum absolute atomic E-state index is 0.0633. The van der Waals surface area contributed by atoms with E-state index in [2.05, 4.69) is 0 Å². The number of fused-ring (bicyclic) bond motifs is 1. The number of amides is 2. The number of rotatable bonds is 3. The predicted octanol–water partition coefficient (Wildman–Crippen LogP) is 2.85. The number of aryl methyl sites for hydroxylation is 1. The topological polar surface area (TPSA) is 69.6 Å². The number of nitrogens with one attached hydrogen (secondary N) is 1. The summed E-state index contributed by atoms with van der Waals surface area (Å²) < 4.78 is 14.0. The normalized spacial score (nSPS) is 21.4. The molecule has 1 atom stereocenters. The molecule has 140 valence electrons. The van der Waals surface area contributed by atoms with Crippen molar-refractivity contribution in [3.63, 3.8) is 0 Å². The number of hydroxylamine groups is 1. The molecule has 1 aliphatic carbocycles. The van der Waals surface area contributed by atoms with E-state index in [0.29, 0.717) is 24.1 Å². The molecule has 1 heterocycles. The third kappa shape index (κ3) is 3.10. The highest BCUT2D eigenvalue weighted by atomic mass is 19.1. The molecule has 6 heteroatoms. The van der Waals surface area contributed by atoms with Gasteiger partial charge in [0.15, 0.2) is 0 Å². The second-order valence-electron chi connectivity index (χ2n) is 7.45. The predicted molar refractivity (Wildman–Crippen MR) is 96.6 cm³/mol. The van der Waals surface area contributed by atoms with Gasteiger partial charge in [0, 0.05) is 24.2 Å². The number of halogens is 1. The second-order valence-corrected chi connectivity index (χ2v) is 7.45. The zero-order valence-corrected chi connectivity index (χ0v) is 14.9. The molecule has 2 aromatic carbocycles. The summed E-state index contributed by atoms with van der Waals surface area (Å²) in [4.78, 5) is 26.6. The Hall–Kier alpha value is -2.73. The largest absolute Gasteiger partial charge is 0.338 e. The zero-order chi connectivity index (χ0) is 19.0. The van der Waals surface area contributed by atoms with E-state index in [1.807, 2.05) is 6.07 Å². The summed E-state index contributed by atoms with van der Waals surface area (Å²) in [6, 6.07) is 11.9. The second kappa shape index (κ2) is 6.78. The summed E-state index contributed by atoms with van der Waals surface area (Å²) in [5.74, 6) is -0.787. The number of benzene rings is 2. The van der Waals surface area contributed by atoms with Crippen LogP contribution in [0.3, 0.4) is 0 Å². The van der Waals surface area contributed by atoms with E-state index in [1.165, 1.54) is 6.07 Å². The van der Waals surface area contributed by atoms with Gasteiger partial charge in [0.1, 0.15) is 5.82 Å². The Bertz CT molecular complexity index is 914. The van der Waals surface area contributed by atoms with Gasteiger partial charge in [-0.3, -0.25) is 14.8 Å². The first-order chi connectivity index (χ1) is 13.0. The van der Waals surface area contributed by atoms with Crippen molar-refractivity contribution in [1.82, 2.24) is 10.4 Å². The number of carbonyl (C=O) groups excluding carboxylic acids is 2. The lowest BCUT2D eigenvalue weighted by Gasteiger charge is -2.33. The van der Waals surface area contributed by atoms with Crippen LogP contribution in [0.2, 0.25) is 0 Å². The molecular formula is C21H21FN2O3. The third-order valence-electron chi connectivity index (χ3n) is 5.89. The monoisotopic (exact) mass is 368 g/mol. The van der Waals surface area contributed by atoms with Crippen LogP contribution in [0.5, 0.6) is 0 Å². The maximum atomic E-state index is 14.0. The van der Waals surface area contributed by atoms with E-state index < -0.39 is 11.3 Å². The maximum absolute atomic E-state index is 14.0. The molecule has 4 rings (SSSR count). The molecule has 2 amide bonds. The van der Waals surface area contributed by atoms with Crippen LogP contribution in [0.1, 0.15) is 39.9 Å². The van der Waals surface area contributed by atoms with E-state index in [4.69, 9.17) is 5.21 Å². The SMILES string of the molecule is O=C(NO)c1ccc2c(c1)C[C@@]1(CC2)CCN(Cc2ccccc2F)C1=O. The average Bonchev–Trinajstić information content (AvgIpc) is 2.98. The van der Waals surface area contributed by atoms with Crippen molar-refractivity contribution in [2.75, 3.05) is 6.54 Å². The number of likely N-dealkylation sites (tertiary alicyclic amines) is 1. The van der Waals surface area contributed by atoms with Gasteiger partial charge in [0.05, 0.1) is 5.41 Å². The molecule has 1 saturated heterocycles. The van der Waals surface area contributed by atoms with E-state index in [-0.39, 0.29) is 18.3 Å². The summed E-state index contributed by atoms with van der Waals surface area (Å²) in [6.45, 7) is 0.895. The molecule has 0 saturated carbocycles. The lowest BCUT2D eigenvalue weighted by atomic mass is 9.70. The number of carbonyl (C=O) groups is 2. The smallest absolute Gasteiger partial charge is 0.274 e. The molecule has 1 aliphatic heterocycles. The van der Waals surface area contributed by atoms with Gasteiger partial charge in [-0.05, 0) is 55.0 Å². The standard InChI is InChI=1S/C21H21FN2O3/c22-18-4-2-1-3-16(18)13-24-10-9-21(20(24)26)8-7-14-5-6-15(19(25)23-27)11-17(14)12-21/h1-6,11,27H,7-10,12-13H2,(H,23,25)/t21-/m1/s1. The average molecular weight is 368 g/mol. The highest BCUT2D eigenvalue weighted by Gasteiger charge is 2.48. The van der Waals surface area contributed by atoms with Crippen molar-refractivity contribution < 1.29 is 19.2 Å². The Morgan fingerprint density at radius 3 is 2.78 bits per heavy atom. The molecule has 27 heavy (non-hydrogen) atoms. The van der Waals surface area contributed by atoms with E-state index in [0.717, 1.165) is 30.4 Å². The first-order valence-corrected chi connectivity index (χ1v) is 9.11. The first-order valence-electron chi connectivity index (χ1n) is 9.11. The fourth-order valence-corrected chi connectivity index (χ4v) is 4.34. The molecule has 2 N–H and O–H groups in total. The summed E-state index contributed by atoms with van der Waals surface area (Å²) in [5.41, 5.74) is 4.18. The molecule has 2 aromatic rings. The Kier molecular flexibility index (Phi) is 4.44. The minimum Gasteiger partial charge on any atom is -0.338 e. The van der Waals surface area contributed by atoms with Crippen molar-refractivity contribution >= 4 is 11.8 Å². The van der Waals surface area contributed by atoms with Crippen LogP contribution >= 0.6 is 0 Å². The van der Waals surface area contributed by atoms with Crippen LogP contribution in [0, 0.1) is 11.2 Å². The quantitative estimate of drug-likeness (QED) is 0.647. The van der Waals surface area contributed by atoms with Crippen LogP contribution in [0.15, 0.2) is 42.5 Å². The highest BCUT2D eigenvalue weighted by molar-refractivity contribution is 5.93. The molecular weight excluding hydrogens is 347 g/mol. The fourth-order valence-electron chi connectivity index (χ4n) is 4.34. The third-order valence-corrected chi connectivity index (χ3v) is 5.89. The van der Waals surface area contributed by atoms with Gasteiger partial charge in [0.2, 0.25) is 5.91 Å². The number of nitrogens with zero attached hydrogens (tertiary/aromatic N) is 1. The number of hydrogen-bond donors (Lipinski definition) is 2. The lowest BCUT2D eigenvalue weighted by molar-refractivity contribution is -0.137. The molecule has 1 fully saturated rings. The number of hydrogen-bond acceptors (Lipinski definition) is 3. The van der Waals surface area contributed by atoms with Crippen LogP contribution in [0.4, 0.5) is 4.39 Å². The highest BCUT2D eigenvalue weighted by Crippen LogP contribution is 2.44. The van der Waals surface area contributed by atoms with Gasteiger partial charge in [-0.25, -0.2) is 9.87 Å². The van der Waals surface area contributed by atoms with E-state index >= 15 is 0 Å². The molecule has 1 spiro atoms. The van der Waals surface area contributed by atoms with Crippen molar-refractivity contribution in [2.45, 2.75) is 32.2 Å². The van der Waals surface area contributed by atoms with Crippen LogP contribution in [-0.4, -0.2) is 28.5 Å². The van der Waals surface area contributed by atoms with Gasteiger partial charge in [0.25, 0.3) is 5.91 Å². The van der Waals surface area contributed by atoms with Gasteiger partial charge in [-0.2, -0.15) is 0 Å². The van der Waals surface area contributed by atoms with E-state index in [1.54, 1.807) is 40.7 Å². The molecule has 5 nitrogen and oxygen atoms in total. The van der Waals surface area contributed by atoms with Crippen molar-refractivity contribution in [3.8, 4) is 0 Å². The molecule has 0 radical (unpaired) electrons. The Balaban J connectivity index is 1.56. The Morgan fingerprint density at radius 2 is 2.00 bits per heavy atom. The Morgan fingerprint density at radius 1 is 1.19 bits per heavy atom.